The summed E-state index contributed by atoms with van der Waals surface area (Å²) in [7, 11) is 0. The third-order valence-electron chi connectivity index (χ3n) is 7.55. The van der Waals surface area contributed by atoms with Crippen LogP contribution in [0.2, 0.25) is 0 Å². The molecule has 2 aromatic heterocycles. The molecule has 2 aliphatic heterocycles. The van der Waals surface area contributed by atoms with Crippen LogP contribution in [0.5, 0.6) is 0 Å². The Bertz CT molecular complexity index is 1370. The van der Waals surface area contributed by atoms with Crippen LogP contribution in [0.1, 0.15) is 49.0 Å². The summed E-state index contributed by atoms with van der Waals surface area (Å²) in [5.74, 6) is 0. The summed E-state index contributed by atoms with van der Waals surface area (Å²) in [6.45, 7) is 16.4. The molecule has 29 heavy (non-hydrogen) atoms. The van der Waals surface area contributed by atoms with Gasteiger partial charge in [0.15, 0.2) is 0 Å². The predicted molar refractivity (Wildman–Crippen MR) is 124 cm³/mol. The molecule has 0 radical (unpaired) electrons. The van der Waals surface area contributed by atoms with Crippen LogP contribution in [-0.2, 0) is 5.41 Å². The molecule has 0 saturated carbocycles. The lowest BCUT2D eigenvalue weighted by Gasteiger charge is -2.27. The summed E-state index contributed by atoms with van der Waals surface area (Å²) in [5, 5.41) is 0. The summed E-state index contributed by atoms with van der Waals surface area (Å²) in [6.07, 6.45) is 0. The number of fused-ring (bicyclic) bond motifs is 5. The highest BCUT2D eigenvalue weighted by Gasteiger charge is 2.44. The highest BCUT2D eigenvalue weighted by atomic mass is 15.2. The van der Waals surface area contributed by atoms with Crippen LogP contribution in [0.3, 0.4) is 0 Å². The number of rotatable bonds is 0. The molecule has 2 aliphatic rings. The first-order valence-corrected chi connectivity index (χ1v) is 10.7. The van der Waals surface area contributed by atoms with Gasteiger partial charge >= 0.3 is 0 Å². The average Bonchev–Trinajstić information content (AvgIpc) is 3.24. The van der Waals surface area contributed by atoms with E-state index in [9.17, 15) is 0 Å². The second-order valence-corrected chi connectivity index (χ2v) is 10.0. The van der Waals surface area contributed by atoms with E-state index in [4.69, 9.17) is 0 Å². The largest absolute Gasteiger partial charge is 0.303 e. The van der Waals surface area contributed by atoms with Gasteiger partial charge in [-0.3, -0.25) is 4.57 Å². The van der Waals surface area contributed by atoms with Crippen LogP contribution >= 0.6 is 0 Å². The molecule has 0 bridgehead atoms. The van der Waals surface area contributed by atoms with Crippen molar-refractivity contribution in [2.45, 2.75) is 53.9 Å². The van der Waals surface area contributed by atoms with E-state index in [1.54, 1.807) is 0 Å². The molecule has 0 saturated heterocycles. The van der Waals surface area contributed by atoms with Gasteiger partial charge in [-0.2, -0.15) is 0 Å². The lowest BCUT2D eigenvalue weighted by Crippen LogP contribution is -2.53. The van der Waals surface area contributed by atoms with Gasteiger partial charge in [0.2, 0.25) is 0 Å². The molecular weight excluding hydrogens is 351 g/mol. The molecule has 0 amide bonds. The molecule has 6 rings (SSSR count). The number of aryl methyl sites for hydroxylation is 2. The number of hydrogen-bond donors (Lipinski definition) is 0. The summed E-state index contributed by atoms with van der Waals surface area (Å²) >= 11 is 0. The summed E-state index contributed by atoms with van der Waals surface area (Å²) in [4.78, 5) is 0. The Morgan fingerprint density at radius 3 is 2.24 bits per heavy atom. The van der Waals surface area contributed by atoms with Gasteiger partial charge < -0.3 is 4.40 Å². The Hall–Kier alpha value is -2.68. The molecular formula is C26H27BN2. The van der Waals surface area contributed by atoms with Crippen molar-refractivity contribution in [1.82, 2.24) is 8.97 Å². The molecule has 0 aliphatic carbocycles. The molecule has 4 heterocycles. The van der Waals surface area contributed by atoms with Gasteiger partial charge in [0, 0.05) is 22.8 Å². The van der Waals surface area contributed by atoms with Crippen LogP contribution < -0.4 is 16.4 Å². The highest BCUT2D eigenvalue weighted by Crippen LogP contribution is 2.37. The molecule has 0 fully saturated rings. The fourth-order valence-electron chi connectivity index (χ4n) is 5.79. The minimum atomic E-state index is 0.110. The first-order valence-electron chi connectivity index (χ1n) is 10.7. The monoisotopic (exact) mass is 378 g/mol. The van der Waals surface area contributed by atoms with E-state index in [0.29, 0.717) is 6.71 Å². The normalized spacial score (nSPS) is 14.0. The Balaban J connectivity index is 1.88. The van der Waals surface area contributed by atoms with Gasteiger partial charge in [0.1, 0.15) is 5.65 Å². The van der Waals surface area contributed by atoms with E-state index in [1.807, 2.05) is 0 Å². The van der Waals surface area contributed by atoms with Gasteiger partial charge in [0.25, 0.3) is 6.71 Å². The lowest BCUT2D eigenvalue weighted by molar-refractivity contribution is 0.590. The number of hydrogen-bond acceptors (Lipinski definition) is 0. The van der Waals surface area contributed by atoms with Crippen LogP contribution in [0.25, 0.3) is 22.5 Å². The van der Waals surface area contributed by atoms with E-state index in [2.05, 4.69) is 93.8 Å². The average molecular weight is 378 g/mol. The number of nitrogens with zero attached hydrogens (tertiary/aromatic N) is 2. The van der Waals surface area contributed by atoms with Crippen molar-refractivity contribution in [3.05, 3.63) is 64.6 Å². The third kappa shape index (κ3) is 1.85. The van der Waals surface area contributed by atoms with Crippen molar-refractivity contribution in [3.8, 4) is 16.8 Å². The second kappa shape index (κ2) is 5.08. The number of benzene rings is 2. The molecule has 0 atom stereocenters. The Morgan fingerprint density at radius 2 is 1.52 bits per heavy atom. The maximum Gasteiger partial charge on any atom is 0.250 e. The fraction of sp³-hybridized carbons (Fsp3) is 0.308. The van der Waals surface area contributed by atoms with Crippen molar-refractivity contribution in [2.24, 2.45) is 0 Å². The van der Waals surface area contributed by atoms with Gasteiger partial charge in [-0.15, -0.1) is 0 Å². The van der Waals surface area contributed by atoms with Crippen LogP contribution in [0, 0.1) is 27.7 Å². The standard InChI is InChI=1S/C26H27BN2/c1-14-15(2)28-16(3)17(4)29-22-13-18(26(5,6)7)12-20-19-10-8-9-11-21(19)27(24(20)22)23(14)25(28)29/h8-13H,1-7H3. The van der Waals surface area contributed by atoms with E-state index >= 15 is 0 Å². The molecule has 0 spiro atoms. The van der Waals surface area contributed by atoms with E-state index in [0.717, 1.165) is 0 Å². The Kier molecular flexibility index (Phi) is 3.01. The summed E-state index contributed by atoms with van der Waals surface area (Å²) < 4.78 is 5.04. The van der Waals surface area contributed by atoms with E-state index in [1.165, 1.54) is 67.1 Å². The first-order chi connectivity index (χ1) is 13.7. The van der Waals surface area contributed by atoms with Gasteiger partial charge in [-0.1, -0.05) is 56.6 Å². The zero-order valence-corrected chi connectivity index (χ0v) is 18.4. The molecule has 3 heteroatoms. The van der Waals surface area contributed by atoms with Gasteiger partial charge in [-0.05, 0) is 72.4 Å². The predicted octanol–water partition coefficient (Wildman–Crippen LogP) is 4.07. The van der Waals surface area contributed by atoms with Crippen molar-refractivity contribution >= 4 is 28.7 Å². The Morgan fingerprint density at radius 1 is 0.793 bits per heavy atom. The van der Waals surface area contributed by atoms with Crippen molar-refractivity contribution in [1.29, 1.82) is 0 Å². The molecule has 2 aromatic carbocycles. The first kappa shape index (κ1) is 17.2. The quantitative estimate of drug-likeness (QED) is 0.353. The van der Waals surface area contributed by atoms with Crippen LogP contribution in [-0.4, -0.2) is 15.7 Å². The number of aromatic nitrogens is 2. The second-order valence-electron chi connectivity index (χ2n) is 10.0. The molecule has 4 aromatic rings. The highest BCUT2D eigenvalue weighted by molar-refractivity contribution is 7.01. The minimum absolute atomic E-state index is 0.110. The molecule has 144 valence electrons. The maximum atomic E-state index is 2.54. The maximum absolute atomic E-state index is 2.54. The fourth-order valence-corrected chi connectivity index (χ4v) is 5.79. The van der Waals surface area contributed by atoms with Crippen molar-refractivity contribution < 1.29 is 0 Å². The van der Waals surface area contributed by atoms with Gasteiger partial charge in [-0.25, -0.2) is 0 Å². The molecule has 2 nitrogen and oxygen atoms in total. The molecule has 0 N–H and O–H groups in total. The SMILES string of the molecule is Cc1c2c3n(c(C)c(C)n3c1C)-c1cc(C(C)(C)C)cc3c1B2c1ccccc1-3. The van der Waals surface area contributed by atoms with Crippen molar-refractivity contribution in [2.75, 3.05) is 0 Å². The lowest BCUT2D eigenvalue weighted by atomic mass is 9.37. The summed E-state index contributed by atoms with van der Waals surface area (Å²) in [5.41, 5.74) is 17.1. The molecule has 0 unspecified atom stereocenters. The van der Waals surface area contributed by atoms with E-state index in [-0.39, 0.29) is 5.41 Å². The van der Waals surface area contributed by atoms with Gasteiger partial charge in [0.05, 0.1) is 0 Å². The third-order valence-corrected chi connectivity index (χ3v) is 7.55. The zero-order valence-electron chi connectivity index (χ0n) is 18.4. The zero-order chi connectivity index (χ0) is 20.4. The van der Waals surface area contributed by atoms with Crippen molar-refractivity contribution in [3.63, 3.8) is 0 Å². The van der Waals surface area contributed by atoms with Crippen LogP contribution in [0.15, 0.2) is 36.4 Å². The van der Waals surface area contributed by atoms with Crippen LogP contribution in [0.4, 0.5) is 0 Å². The number of imidazole rings is 1. The van der Waals surface area contributed by atoms with E-state index < -0.39 is 0 Å². The Labute approximate surface area is 173 Å². The smallest absolute Gasteiger partial charge is 0.250 e. The topological polar surface area (TPSA) is 9.34 Å². The minimum Gasteiger partial charge on any atom is -0.303 e. The summed E-state index contributed by atoms with van der Waals surface area (Å²) in [6, 6.07) is 14.0.